The summed E-state index contributed by atoms with van der Waals surface area (Å²) in [5.41, 5.74) is 2.77. The Labute approximate surface area is 121 Å². The minimum atomic E-state index is -0.500. The van der Waals surface area contributed by atoms with Crippen molar-refractivity contribution < 1.29 is 14.5 Å². The van der Waals surface area contributed by atoms with Gasteiger partial charge in [0.05, 0.1) is 18.1 Å². The van der Waals surface area contributed by atoms with Gasteiger partial charge < -0.3 is 9.64 Å². The van der Waals surface area contributed by atoms with E-state index < -0.39 is 4.92 Å². The van der Waals surface area contributed by atoms with E-state index in [1.54, 1.807) is 23.1 Å². The second kappa shape index (κ2) is 6.80. The molecule has 1 N–H and O–H groups in total. The number of anilines is 1. The fraction of sp³-hybridized carbons (Fsp3) is 0.385. The van der Waals surface area contributed by atoms with Gasteiger partial charge in [-0.05, 0) is 6.07 Å². The molecule has 0 aliphatic carbocycles. The maximum atomic E-state index is 11.7. The number of amidine groups is 1. The maximum absolute atomic E-state index is 11.7. The lowest BCUT2D eigenvalue weighted by atomic mass is 10.3. The van der Waals surface area contributed by atoms with Gasteiger partial charge >= 0.3 is 0 Å². The van der Waals surface area contributed by atoms with Gasteiger partial charge in [-0.1, -0.05) is 12.1 Å². The van der Waals surface area contributed by atoms with Crippen LogP contribution in [0.1, 0.15) is 6.92 Å². The number of benzene rings is 1. The van der Waals surface area contributed by atoms with Crippen LogP contribution in [-0.4, -0.2) is 47.7 Å². The molecule has 8 heteroatoms. The molecule has 0 radical (unpaired) electrons. The van der Waals surface area contributed by atoms with Gasteiger partial charge in [0.1, 0.15) is 5.69 Å². The zero-order valence-electron chi connectivity index (χ0n) is 11.6. The van der Waals surface area contributed by atoms with E-state index in [0.29, 0.717) is 26.3 Å². The molecule has 112 valence electrons. The predicted molar refractivity (Wildman–Crippen MR) is 77.2 cm³/mol. The van der Waals surface area contributed by atoms with E-state index in [0.717, 1.165) is 0 Å². The summed E-state index contributed by atoms with van der Waals surface area (Å²) in [6, 6.07) is 6.15. The van der Waals surface area contributed by atoms with Crippen molar-refractivity contribution in [3.8, 4) is 0 Å². The molecule has 1 aliphatic heterocycles. The van der Waals surface area contributed by atoms with Crippen LogP contribution in [0, 0.1) is 10.1 Å². The number of ketones is 1. The molecule has 1 aliphatic rings. The van der Waals surface area contributed by atoms with Crippen LogP contribution in [0.5, 0.6) is 0 Å². The molecule has 2 rings (SSSR count). The monoisotopic (exact) mass is 292 g/mol. The Hall–Kier alpha value is -2.48. The van der Waals surface area contributed by atoms with Crippen LogP contribution in [0.4, 0.5) is 11.4 Å². The number of nitrogens with one attached hydrogen (secondary N) is 1. The predicted octanol–water partition coefficient (Wildman–Crippen LogP) is 1.24. The summed E-state index contributed by atoms with van der Waals surface area (Å²) in [6.07, 6.45) is 0. The van der Waals surface area contributed by atoms with Crippen LogP contribution >= 0.6 is 0 Å². The number of rotatable bonds is 4. The van der Waals surface area contributed by atoms with E-state index in [1.165, 1.54) is 13.0 Å². The number of para-hydroxylation sites is 2. The molecule has 0 amide bonds. The molecule has 21 heavy (non-hydrogen) atoms. The average molecular weight is 292 g/mol. The molecule has 1 aromatic rings. The number of hydrogen-bond donors (Lipinski definition) is 1. The largest absolute Gasteiger partial charge is 0.378 e. The normalized spacial score (nSPS) is 15.7. The molecule has 0 bridgehead atoms. The first-order valence-electron chi connectivity index (χ1n) is 6.50. The van der Waals surface area contributed by atoms with Gasteiger partial charge in [0, 0.05) is 26.1 Å². The van der Waals surface area contributed by atoms with E-state index >= 15 is 0 Å². The molecule has 1 heterocycles. The van der Waals surface area contributed by atoms with Gasteiger partial charge in [-0.15, -0.1) is 0 Å². The van der Waals surface area contributed by atoms with Crippen molar-refractivity contribution in [1.82, 2.24) is 4.90 Å². The fourth-order valence-electron chi connectivity index (χ4n) is 1.99. The molecule has 1 aromatic carbocycles. The molecule has 1 saturated heterocycles. The number of ether oxygens (including phenoxy) is 1. The number of carbonyl (C=O) groups excluding carboxylic acids is 1. The summed E-state index contributed by atoms with van der Waals surface area (Å²) in [5, 5.41) is 15.0. The Bertz CT molecular complexity index is 567. The van der Waals surface area contributed by atoms with Gasteiger partial charge in [-0.3, -0.25) is 20.3 Å². The Kier molecular flexibility index (Phi) is 4.83. The number of nitrogens with zero attached hydrogens (tertiary/aromatic N) is 3. The van der Waals surface area contributed by atoms with Crippen molar-refractivity contribution in [3.05, 3.63) is 34.4 Å². The number of nitro benzene ring substituents is 1. The smallest absolute Gasteiger partial charge is 0.294 e. The zero-order chi connectivity index (χ0) is 15.2. The number of Topliss-reactive ketones (excluding diaryl/α,β-unsaturated/α-hetero) is 1. The summed E-state index contributed by atoms with van der Waals surface area (Å²) in [5.74, 6) is 0.0411. The quantitative estimate of drug-likeness (QED) is 0.388. The van der Waals surface area contributed by atoms with E-state index in [2.05, 4.69) is 10.5 Å². The highest BCUT2D eigenvalue weighted by atomic mass is 16.6. The Balaban J connectivity index is 2.20. The van der Waals surface area contributed by atoms with E-state index in [9.17, 15) is 14.9 Å². The molecular formula is C13H16N4O4. The number of hydrazone groups is 1. The summed E-state index contributed by atoms with van der Waals surface area (Å²) < 4.78 is 5.23. The first-order valence-corrected chi connectivity index (χ1v) is 6.50. The fourth-order valence-corrected chi connectivity index (χ4v) is 1.99. The zero-order valence-corrected chi connectivity index (χ0v) is 11.6. The lowest BCUT2D eigenvalue weighted by Gasteiger charge is -2.28. The molecule has 0 aromatic heterocycles. The third kappa shape index (κ3) is 3.76. The minimum absolute atomic E-state index is 0.0915. The Morgan fingerprint density at radius 2 is 2.05 bits per heavy atom. The highest BCUT2D eigenvalue weighted by Gasteiger charge is 2.19. The highest BCUT2D eigenvalue weighted by molar-refractivity contribution is 6.37. The van der Waals surface area contributed by atoms with Crippen molar-refractivity contribution in [2.45, 2.75) is 6.92 Å². The third-order valence-electron chi connectivity index (χ3n) is 3.01. The van der Waals surface area contributed by atoms with E-state index in [4.69, 9.17) is 4.74 Å². The SMILES string of the molecule is CC(=O)/C(=N/Nc1ccccc1[N+](=O)[O-])N1CCOCC1. The summed E-state index contributed by atoms with van der Waals surface area (Å²) >= 11 is 0. The maximum Gasteiger partial charge on any atom is 0.294 e. The molecule has 0 spiro atoms. The van der Waals surface area contributed by atoms with Crippen LogP contribution < -0.4 is 5.43 Å². The van der Waals surface area contributed by atoms with Crippen molar-refractivity contribution in [2.75, 3.05) is 31.7 Å². The molecule has 0 unspecified atom stereocenters. The summed E-state index contributed by atoms with van der Waals surface area (Å²) in [4.78, 5) is 23.9. The number of nitro groups is 1. The van der Waals surface area contributed by atoms with E-state index in [-0.39, 0.29) is 23.0 Å². The summed E-state index contributed by atoms with van der Waals surface area (Å²) in [6.45, 7) is 3.60. The van der Waals surface area contributed by atoms with Gasteiger partial charge in [0.2, 0.25) is 0 Å². The molecule has 8 nitrogen and oxygen atoms in total. The minimum Gasteiger partial charge on any atom is -0.378 e. The van der Waals surface area contributed by atoms with Crippen molar-refractivity contribution >= 4 is 23.0 Å². The number of morpholine rings is 1. The summed E-state index contributed by atoms with van der Waals surface area (Å²) in [7, 11) is 0. The first-order chi connectivity index (χ1) is 10.1. The van der Waals surface area contributed by atoms with Crippen molar-refractivity contribution in [2.24, 2.45) is 5.10 Å². The number of hydrogen-bond acceptors (Lipinski definition) is 6. The first kappa shape index (κ1) is 14.9. The lowest BCUT2D eigenvalue weighted by molar-refractivity contribution is -0.384. The van der Waals surface area contributed by atoms with E-state index in [1.807, 2.05) is 0 Å². The Morgan fingerprint density at radius 3 is 2.67 bits per heavy atom. The van der Waals surface area contributed by atoms with Gasteiger partial charge in [0.25, 0.3) is 5.69 Å². The Morgan fingerprint density at radius 1 is 1.38 bits per heavy atom. The molecule has 0 saturated carbocycles. The van der Waals surface area contributed by atoms with Gasteiger partial charge in [-0.2, -0.15) is 5.10 Å². The topological polar surface area (TPSA) is 97.1 Å². The standard InChI is InChI=1S/C13H16N4O4/c1-10(18)13(16-6-8-21-9-7-16)15-14-11-4-2-3-5-12(11)17(19)20/h2-5,14H,6-9H2,1H3/b15-13-. The second-order valence-corrected chi connectivity index (χ2v) is 4.48. The number of carbonyl (C=O) groups is 1. The average Bonchev–Trinajstić information content (AvgIpc) is 2.48. The van der Waals surface area contributed by atoms with Crippen LogP contribution in [0.15, 0.2) is 29.4 Å². The van der Waals surface area contributed by atoms with Crippen LogP contribution in [0.3, 0.4) is 0 Å². The molecule has 1 fully saturated rings. The van der Waals surface area contributed by atoms with Crippen LogP contribution in [0.25, 0.3) is 0 Å². The highest BCUT2D eigenvalue weighted by Crippen LogP contribution is 2.23. The van der Waals surface area contributed by atoms with Crippen molar-refractivity contribution in [3.63, 3.8) is 0 Å². The second-order valence-electron chi connectivity index (χ2n) is 4.48. The van der Waals surface area contributed by atoms with Gasteiger partial charge in [-0.25, -0.2) is 0 Å². The van der Waals surface area contributed by atoms with Crippen molar-refractivity contribution in [1.29, 1.82) is 0 Å². The molecule has 0 atom stereocenters. The lowest BCUT2D eigenvalue weighted by Crippen LogP contribution is -2.44. The molecular weight excluding hydrogens is 276 g/mol. The van der Waals surface area contributed by atoms with Crippen LogP contribution in [0.2, 0.25) is 0 Å². The van der Waals surface area contributed by atoms with Crippen LogP contribution in [-0.2, 0) is 9.53 Å². The van der Waals surface area contributed by atoms with Gasteiger partial charge in [0.15, 0.2) is 11.6 Å². The third-order valence-corrected chi connectivity index (χ3v) is 3.01.